The first-order valence-corrected chi connectivity index (χ1v) is 10.4. The fraction of sp³-hybridized carbons (Fsp3) is 0.571. The summed E-state index contributed by atoms with van der Waals surface area (Å²) in [5.41, 5.74) is 5.13. The summed E-state index contributed by atoms with van der Waals surface area (Å²) in [4.78, 5) is 70.2. The summed E-state index contributed by atoms with van der Waals surface area (Å²) in [5.74, 6) is 0.293. The average molecular weight is 681 g/mol. The molecule has 1 saturated heterocycles. The zero-order valence-electron chi connectivity index (χ0n) is 22.6. The summed E-state index contributed by atoms with van der Waals surface area (Å²) in [7, 11) is 0. The Balaban J connectivity index is -0.0000000275. The standard InChI is InChI=1S/C6H10N2O2S.C5H11NO2S.2CH2O3.CO2.4K.H3N.H2O.H/c1-11-3-2-4-5(9)8-6(10)7-4;1-9-3-2-4(6)5(7)8;2*2-1-4-3;2-1-3;;;;;;;/h4H,2-3H2,1H3,(H2,7,8,9,10);4H,2-3,6H2,1H3,(H,7,8);2*1,3H;;;;;;1H3;1H2;/q;;;;;4*+1;;;-1/p-3. The maximum absolute atomic E-state index is 10.9. The van der Waals surface area contributed by atoms with Crippen LogP contribution in [-0.4, -0.2) is 78.6 Å². The molecule has 0 aliphatic carbocycles. The van der Waals surface area contributed by atoms with Gasteiger partial charge in [0.1, 0.15) is 6.04 Å². The second kappa shape index (κ2) is 59.2. The van der Waals surface area contributed by atoms with Crippen LogP contribution in [0.4, 0.5) is 4.79 Å². The molecular formula is C14H28K4N4O13S2. The van der Waals surface area contributed by atoms with Gasteiger partial charge in [0.15, 0.2) is 0 Å². The van der Waals surface area contributed by atoms with Crippen LogP contribution in [0.3, 0.4) is 0 Å². The van der Waals surface area contributed by atoms with Gasteiger partial charge in [-0.15, -0.1) is 0 Å². The molecule has 2 atom stereocenters. The zero-order valence-corrected chi connectivity index (χ0v) is 35.8. The van der Waals surface area contributed by atoms with Gasteiger partial charge in [-0.2, -0.15) is 33.1 Å². The third kappa shape index (κ3) is 64.0. The molecular weight excluding hydrogens is 653 g/mol. The Bertz CT molecular complexity index is 554. The Morgan fingerprint density at radius 2 is 1.43 bits per heavy atom. The van der Waals surface area contributed by atoms with Gasteiger partial charge in [-0.3, -0.25) is 19.7 Å². The number of carbonyl (C=O) groups excluding carboxylic acids is 7. The van der Waals surface area contributed by atoms with Gasteiger partial charge < -0.3 is 54.3 Å². The van der Waals surface area contributed by atoms with E-state index in [1.807, 2.05) is 12.5 Å². The molecule has 37 heavy (non-hydrogen) atoms. The minimum atomic E-state index is -1.16. The molecule has 0 aromatic rings. The number of carboxylic acid groups (broad SMARTS) is 1. The number of thioether (sulfide) groups is 2. The van der Waals surface area contributed by atoms with E-state index in [0.717, 1.165) is 11.5 Å². The number of nitrogens with two attached hydrogens (primary N) is 1. The number of rotatable bonds is 9. The third-order valence-electron chi connectivity index (χ3n) is 2.48. The van der Waals surface area contributed by atoms with Crippen LogP contribution in [0.2, 0.25) is 0 Å². The molecule has 1 rings (SSSR count). The van der Waals surface area contributed by atoms with Crippen molar-refractivity contribution in [3.8, 4) is 0 Å². The van der Waals surface area contributed by atoms with Gasteiger partial charge in [0.05, 0.1) is 5.97 Å². The van der Waals surface area contributed by atoms with Crippen molar-refractivity contribution in [2.75, 3.05) is 24.0 Å². The van der Waals surface area contributed by atoms with Crippen LogP contribution in [0.1, 0.15) is 14.3 Å². The van der Waals surface area contributed by atoms with Crippen molar-refractivity contribution in [1.82, 2.24) is 16.8 Å². The number of imide groups is 1. The number of hydrogen-bond acceptors (Lipinski definition) is 16. The summed E-state index contributed by atoms with van der Waals surface area (Å²) in [6.07, 6.45) is 5.32. The summed E-state index contributed by atoms with van der Waals surface area (Å²) in [5, 5.41) is 31.5. The Kier molecular flexibility index (Phi) is 109. The van der Waals surface area contributed by atoms with Crippen LogP contribution in [0.5, 0.6) is 0 Å². The molecule has 1 fully saturated rings. The predicted octanol–water partition coefficient (Wildman–Crippen LogP) is -17.5. The molecule has 198 valence electrons. The molecule has 0 spiro atoms. The number of carboxylic acids is 1. The summed E-state index contributed by atoms with van der Waals surface area (Å²) in [6.45, 7) is -0.361. The summed E-state index contributed by atoms with van der Waals surface area (Å²) >= 11 is 3.24. The molecule has 1 heterocycles. The first-order chi connectivity index (χ1) is 14.7. The van der Waals surface area contributed by atoms with Gasteiger partial charge in [-0.05, 0) is 36.9 Å². The van der Waals surface area contributed by atoms with E-state index in [1.54, 1.807) is 23.5 Å². The van der Waals surface area contributed by atoms with Gasteiger partial charge in [0.2, 0.25) is 0 Å². The minimum Gasteiger partial charge on any atom is -1.00 e. The van der Waals surface area contributed by atoms with E-state index in [9.17, 15) is 19.5 Å². The van der Waals surface area contributed by atoms with E-state index in [0.29, 0.717) is 12.8 Å². The number of amides is 3. The Morgan fingerprint density at radius 1 is 1.08 bits per heavy atom. The maximum Gasteiger partial charge on any atom is 1.00 e. The van der Waals surface area contributed by atoms with Crippen molar-refractivity contribution in [2.24, 2.45) is 5.73 Å². The van der Waals surface area contributed by atoms with Crippen molar-refractivity contribution in [3.05, 3.63) is 0 Å². The number of urea groups is 1. The summed E-state index contributed by atoms with van der Waals surface area (Å²) < 4.78 is 0. The Hall–Kier alpha value is 3.78. The van der Waals surface area contributed by atoms with Crippen LogP contribution in [0.15, 0.2) is 0 Å². The van der Waals surface area contributed by atoms with Gasteiger partial charge in [0, 0.05) is 6.04 Å². The first-order valence-electron chi connectivity index (χ1n) is 7.66. The largest absolute Gasteiger partial charge is 1.00 e. The normalized spacial score (nSPS) is 11.4. The molecule has 9 N–H and O–H groups in total. The molecule has 1 aliphatic rings. The number of carbonyl (C=O) groups is 5. The second-order valence-electron chi connectivity index (χ2n) is 4.47. The molecule has 0 saturated carbocycles. The Morgan fingerprint density at radius 3 is 1.65 bits per heavy atom. The smallest absolute Gasteiger partial charge is 1.00 e. The van der Waals surface area contributed by atoms with Crippen molar-refractivity contribution in [3.63, 3.8) is 0 Å². The molecule has 17 nitrogen and oxygen atoms in total. The Labute approximate surface area is 394 Å². The first kappa shape index (κ1) is 68.1. The third-order valence-corrected chi connectivity index (χ3v) is 3.77. The molecule has 0 bridgehead atoms. The van der Waals surface area contributed by atoms with Crippen LogP contribution in [-0.2, 0) is 38.5 Å². The van der Waals surface area contributed by atoms with E-state index < -0.39 is 12.0 Å². The fourth-order valence-corrected chi connectivity index (χ4v) is 2.22. The van der Waals surface area contributed by atoms with E-state index in [-0.39, 0.29) is 256 Å². The number of nitrogens with one attached hydrogen (secondary N) is 2. The molecule has 23 heteroatoms. The number of aliphatic carboxylic acids is 1. The van der Waals surface area contributed by atoms with Crippen LogP contribution >= 0.6 is 23.5 Å². The van der Waals surface area contributed by atoms with E-state index in [1.165, 1.54) is 0 Å². The SMILES string of the molecule is CSCCC(N)C(=O)[O-].CSCCC1NC(=O)NC1=O.N.O.O=C=O.O=CO[O-].O=CO[O-].[H-].[K+].[K+].[K+].[K+]. The predicted molar refractivity (Wildman–Crippen MR) is 108 cm³/mol. The zero-order chi connectivity index (χ0) is 25.1. The molecule has 0 radical (unpaired) electrons. The van der Waals surface area contributed by atoms with Crippen molar-refractivity contribution >= 4 is 60.5 Å². The van der Waals surface area contributed by atoms with Crippen LogP contribution in [0, 0.1) is 0 Å². The van der Waals surface area contributed by atoms with Crippen molar-refractivity contribution < 1.29 is 271 Å². The van der Waals surface area contributed by atoms with E-state index in [2.05, 4.69) is 20.4 Å². The molecule has 3 amide bonds. The topological polar surface area (TPSA) is 324 Å². The molecule has 1 aliphatic heterocycles. The van der Waals surface area contributed by atoms with Crippen molar-refractivity contribution in [1.29, 1.82) is 0 Å². The van der Waals surface area contributed by atoms with Gasteiger partial charge in [-0.1, -0.05) is 0 Å². The quantitative estimate of drug-likeness (QED) is 0.0577. The molecule has 2 unspecified atom stereocenters. The second-order valence-corrected chi connectivity index (χ2v) is 6.44. The van der Waals surface area contributed by atoms with E-state index >= 15 is 0 Å². The van der Waals surface area contributed by atoms with Crippen LogP contribution in [0.25, 0.3) is 0 Å². The summed E-state index contributed by atoms with van der Waals surface area (Å²) in [6, 6.07) is -1.48. The van der Waals surface area contributed by atoms with Gasteiger partial charge >= 0.3 is 218 Å². The van der Waals surface area contributed by atoms with Gasteiger partial charge in [-0.25, -0.2) is 4.79 Å². The van der Waals surface area contributed by atoms with E-state index in [4.69, 9.17) is 35.4 Å². The average Bonchev–Trinajstić information content (AvgIpc) is 3.08. The monoisotopic (exact) mass is 680 g/mol. The fourth-order valence-electron chi connectivity index (χ4n) is 1.26. The number of hydrogen-bond donors (Lipinski definition) is 4. The molecule has 0 aromatic carbocycles. The molecule has 0 aromatic heterocycles. The van der Waals surface area contributed by atoms with Gasteiger partial charge in [0.25, 0.3) is 18.9 Å². The van der Waals surface area contributed by atoms with Crippen LogP contribution < -0.4 is 244 Å². The maximum atomic E-state index is 10.9. The minimum absolute atomic E-state index is 0. The van der Waals surface area contributed by atoms with Crippen molar-refractivity contribution in [2.45, 2.75) is 24.9 Å².